The Balaban J connectivity index is 1.39. The van der Waals surface area contributed by atoms with Gasteiger partial charge in [-0.15, -0.1) is 0 Å². The number of nitrogens with zero attached hydrogens (tertiary/aromatic N) is 3. The van der Waals surface area contributed by atoms with Crippen LogP contribution in [-0.2, 0) is 6.54 Å². The van der Waals surface area contributed by atoms with Gasteiger partial charge >= 0.3 is 0 Å². The molecule has 2 aromatic carbocycles. The van der Waals surface area contributed by atoms with E-state index in [1.165, 1.54) is 0 Å². The van der Waals surface area contributed by atoms with Gasteiger partial charge in [-0.2, -0.15) is 0 Å². The lowest BCUT2D eigenvalue weighted by Gasteiger charge is -2.34. The molecule has 1 amide bonds. The average molecular weight is 451 g/mol. The maximum atomic E-state index is 12.8. The summed E-state index contributed by atoms with van der Waals surface area (Å²) in [6, 6.07) is 14.5. The molecule has 1 fully saturated rings. The minimum atomic E-state index is -0.150. The van der Waals surface area contributed by atoms with Crippen LogP contribution in [0.5, 0.6) is 0 Å². The van der Waals surface area contributed by atoms with Crippen molar-refractivity contribution in [2.75, 3.05) is 26.2 Å². The van der Waals surface area contributed by atoms with Crippen LogP contribution >= 0.6 is 34.8 Å². The monoisotopic (exact) mass is 449 g/mol. The maximum Gasteiger partial charge on any atom is 0.276 e. The summed E-state index contributed by atoms with van der Waals surface area (Å²) in [4.78, 5) is 16.9. The zero-order chi connectivity index (χ0) is 20.4. The average Bonchev–Trinajstić information content (AvgIpc) is 3.19. The molecule has 0 N–H and O–H groups in total. The zero-order valence-corrected chi connectivity index (χ0v) is 17.7. The van der Waals surface area contributed by atoms with Crippen molar-refractivity contribution in [3.8, 4) is 11.3 Å². The van der Waals surface area contributed by atoms with Gasteiger partial charge in [0.2, 0.25) is 0 Å². The lowest BCUT2D eigenvalue weighted by molar-refractivity contribution is 0.0618. The summed E-state index contributed by atoms with van der Waals surface area (Å²) >= 11 is 18.4. The van der Waals surface area contributed by atoms with Crippen molar-refractivity contribution in [1.29, 1.82) is 0 Å². The number of hydrogen-bond donors (Lipinski definition) is 0. The standard InChI is InChI=1S/C21H18Cl3N3O2/c22-15-5-6-16(18(24)11-15)20-12-19(25-29-20)21(28)27-9-7-26(8-10-27)13-14-3-1-2-4-17(14)23/h1-6,11-12H,7-10,13H2. The number of aromatic nitrogens is 1. The number of piperazine rings is 1. The Morgan fingerprint density at radius 3 is 2.45 bits per heavy atom. The van der Waals surface area contributed by atoms with Crippen LogP contribution in [0.15, 0.2) is 53.1 Å². The normalized spacial score (nSPS) is 14.9. The van der Waals surface area contributed by atoms with Crippen molar-refractivity contribution in [1.82, 2.24) is 15.0 Å². The first kappa shape index (κ1) is 20.2. The van der Waals surface area contributed by atoms with Gasteiger partial charge in [0.25, 0.3) is 5.91 Å². The number of halogens is 3. The molecule has 0 spiro atoms. The van der Waals surface area contributed by atoms with E-state index in [2.05, 4.69) is 10.1 Å². The molecule has 1 aliphatic rings. The molecular weight excluding hydrogens is 433 g/mol. The number of rotatable bonds is 4. The van der Waals surface area contributed by atoms with E-state index >= 15 is 0 Å². The Labute approximate surface area is 183 Å². The van der Waals surface area contributed by atoms with Gasteiger partial charge in [0, 0.05) is 54.4 Å². The minimum Gasteiger partial charge on any atom is -0.355 e. The molecule has 4 rings (SSSR count). The van der Waals surface area contributed by atoms with E-state index in [1.54, 1.807) is 29.2 Å². The number of hydrogen-bond acceptors (Lipinski definition) is 4. The molecule has 1 aromatic heterocycles. The van der Waals surface area contributed by atoms with Gasteiger partial charge in [-0.25, -0.2) is 0 Å². The second kappa shape index (κ2) is 8.76. The third kappa shape index (κ3) is 4.59. The van der Waals surface area contributed by atoms with Gasteiger partial charge in [0.05, 0.1) is 5.02 Å². The van der Waals surface area contributed by atoms with Gasteiger partial charge in [-0.05, 0) is 29.8 Å². The van der Waals surface area contributed by atoms with Crippen molar-refractivity contribution < 1.29 is 9.32 Å². The van der Waals surface area contributed by atoms with E-state index in [-0.39, 0.29) is 11.6 Å². The zero-order valence-electron chi connectivity index (χ0n) is 15.4. The molecule has 3 aromatic rings. The van der Waals surface area contributed by atoms with Crippen LogP contribution in [0, 0.1) is 0 Å². The van der Waals surface area contributed by atoms with Crippen LogP contribution in [0.25, 0.3) is 11.3 Å². The summed E-state index contributed by atoms with van der Waals surface area (Å²) in [7, 11) is 0. The van der Waals surface area contributed by atoms with Crippen molar-refractivity contribution in [2.45, 2.75) is 6.54 Å². The molecule has 29 heavy (non-hydrogen) atoms. The highest BCUT2D eigenvalue weighted by Gasteiger charge is 2.25. The third-order valence-corrected chi connectivity index (χ3v) is 5.85. The summed E-state index contributed by atoms with van der Waals surface area (Å²) in [5.41, 5.74) is 2.01. The Morgan fingerprint density at radius 2 is 1.72 bits per heavy atom. The Bertz CT molecular complexity index is 1030. The molecule has 1 saturated heterocycles. The van der Waals surface area contributed by atoms with Gasteiger partial charge in [-0.1, -0.05) is 58.2 Å². The van der Waals surface area contributed by atoms with E-state index in [0.29, 0.717) is 34.5 Å². The number of benzene rings is 2. The fraction of sp³-hybridized carbons (Fsp3) is 0.238. The van der Waals surface area contributed by atoms with Crippen LogP contribution in [-0.4, -0.2) is 47.0 Å². The fourth-order valence-electron chi connectivity index (χ4n) is 3.33. The molecule has 0 aliphatic carbocycles. The van der Waals surface area contributed by atoms with E-state index in [9.17, 15) is 4.79 Å². The molecule has 5 nitrogen and oxygen atoms in total. The number of amides is 1. The van der Waals surface area contributed by atoms with Crippen molar-refractivity contribution in [3.63, 3.8) is 0 Å². The van der Waals surface area contributed by atoms with Crippen LogP contribution in [0.1, 0.15) is 16.1 Å². The molecular formula is C21H18Cl3N3O2. The summed E-state index contributed by atoms with van der Waals surface area (Å²) in [6.07, 6.45) is 0. The molecule has 2 heterocycles. The van der Waals surface area contributed by atoms with Crippen molar-refractivity contribution >= 4 is 40.7 Å². The van der Waals surface area contributed by atoms with E-state index in [4.69, 9.17) is 39.3 Å². The topological polar surface area (TPSA) is 49.6 Å². The van der Waals surface area contributed by atoms with Crippen LogP contribution in [0.3, 0.4) is 0 Å². The largest absolute Gasteiger partial charge is 0.355 e. The van der Waals surface area contributed by atoms with E-state index < -0.39 is 0 Å². The smallest absolute Gasteiger partial charge is 0.276 e. The molecule has 0 unspecified atom stereocenters. The van der Waals surface area contributed by atoms with Crippen molar-refractivity contribution in [3.05, 3.63) is 74.9 Å². The summed E-state index contributed by atoms with van der Waals surface area (Å²) in [5.74, 6) is 0.287. The van der Waals surface area contributed by atoms with E-state index in [1.807, 2.05) is 24.3 Å². The Morgan fingerprint density at radius 1 is 0.966 bits per heavy atom. The van der Waals surface area contributed by atoms with Gasteiger partial charge in [0.15, 0.2) is 11.5 Å². The predicted molar refractivity (Wildman–Crippen MR) is 115 cm³/mol. The minimum absolute atomic E-state index is 0.150. The van der Waals surface area contributed by atoms with Crippen LogP contribution in [0.4, 0.5) is 0 Å². The number of carbonyl (C=O) groups excluding carboxylic acids is 1. The summed E-state index contributed by atoms with van der Waals surface area (Å²) in [5, 5.41) is 5.68. The summed E-state index contributed by atoms with van der Waals surface area (Å²) < 4.78 is 5.35. The first-order valence-electron chi connectivity index (χ1n) is 9.18. The fourth-order valence-corrected chi connectivity index (χ4v) is 4.03. The SMILES string of the molecule is O=C(c1cc(-c2ccc(Cl)cc2Cl)on1)N1CCN(Cc2ccccc2Cl)CC1. The second-order valence-electron chi connectivity index (χ2n) is 6.86. The predicted octanol–water partition coefficient (Wildman–Crippen LogP) is 5.26. The molecule has 1 aliphatic heterocycles. The van der Waals surface area contributed by atoms with Gasteiger partial charge < -0.3 is 9.42 Å². The lowest BCUT2D eigenvalue weighted by Crippen LogP contribution is -2.48. The van der Waals surface area contributed by atoms with Crippen LogP contribution in [0.2, 0.25) is 15.1 Å². The first-order valence-corrected chi connectivity index (χ1v) is 10.3. The Kier molecular flexibility index (Phi) is 6.11. The highest BCUT2D eigenvalue weighted by atomic mass is 35.5. The molecule has 150 valence electrons. The highest BCUT2D eigenvalue weighted by molar-refractivity contribution is 6.36. The molecule has 8 heteroatoms. The first-order chi connectivity index (χ1) is 14.0. The molecule has 0 bridgehead atoms. The van der Waals surface area contributed by atoms with Gasteiger partial charge in [-0.3, -0.25) is 9.69 Å². The molecule has 0 atom stereocenters. The van der Waals surface area contributed by atoms with Gasteiger partial charge in [0.1, 0.15) is 0 Å². The Hall–Kier alpha value is -2.05. The molecule has 0 radical (unpaired) electrons. The second-order valence-corrected chi connectivity index (χ2v) is 8.11. The lowest BCUT2D eigenvalue weighted by atomic mass is 10.1. The summed E-state index contributed by atoms with van der Waals surface area (Å²) in [6.45, 7) is 3.54. The highest BCUT2D eigenvalue weighted by Crippen LogP contribution is 2.31. The van der Waals surface area contributed by atoms with Crippen LogP contribution < -0.4 is 0 Å². The quantitative estimate of drug-likeness (QED) is 0.544. The molecule has 0 saturated carbocycles. The van der Waals surface area contributed by atoms with Crippen molar-refractivity contribution in [2.24, 2.45) is 0 Å². The maximum absolute atomic E-state index is 12.8. The number of carbonyl (C=O) groups is 1. The van der Waals surface area contributed by atoms with E-state index in [0.717, 1.165) is 30.2 Å². The third-order valence-electron chi connectivity index (χ3n) is 4.94.